The van der Waals surface area contributed by atoms with Gasteiger partial charge < -0.3 is 14.8 Å². The Morgan fingerprint density at radius 3 is 2.27 bits per heavy atom. The van der Waals surface area contributed by atoms with Crippen molar-refractivity contribution >= 4 is 23.0 Å². The summed E-state index contributed by atoms with van der Waals surface area (Å²) in [5, 5.41) is 3.72. The Labute approximate surface area is 216 Å². The Kier molecular flexibility index (Phi) is 6.66. The molecule has 0 saturated carbocycles. The van der Waals surface area contributed by atoms with Gasteiger partial charge in [0, 0.05) is 23.9 Å². The third-order valence-electron chi connectivity index (χ3n) is 6.43. The van der Waals surface area contributed by atoms with Crippen LogP contribution in [0, 0.1) is 0 Å². The van der Waals surface area contributed by atoms with Crippen LogP contribution < -0.4 is 5.32 Å². The van der Waals surface area contributed by atoms with Crippen LogP contribution in [0.5, 0.6) is 0 Å². The van der Waals surface area contributed by atoms with Gasteiger partial charge >= 0.3 is 12.1 Å². The van der Waals surface area contributed by atoms with E-state index in [0.29, 0.717) is 0 Å². The Hall–Kier alpha value is -4.19. The first-order chi connectivity index (χ1) is 17.8. The van der Waals surface area contributed by atoms with Crippen LogP contribution in [0.25, 0.3) is 22.0 Å². The zero-order valence-corrected chi connectivity index (χ0v) is 21.2. The van der Waals surface area contributed by atoms with E-state index in [9.17, 15) is 9.59 Å². The van der Waals surface area contributed by atoms with Crippen molar-refractivity contribution in [3.05, 3.63) is 102 Å². The van der Waals surface area contributed by atoms with Crippen molar-refractivity contribution < 1.29 is 19.1 Å². The molecule has 1 aliphatic rings. The minimum atomic E-state index is -0.899. The lowest BCUT2D eigenvalue weighted by molar-refractivity contribution is -0.157. The van der Waals surface area contributed by atoms with Crippen LogP contribution in [0.4, 0.5) is 4.79 Å². The highest BCUT2D eigenvalue weighted by molar-refractivity contribution is 5.83. The Bertz CT molecular complexity index is 1410. The van der Waals surface area contributed by atoms with Crippen molar-refractivity contribution in [1.82, 2.24) is 10.3 Å². The zero-order chi connectivity index (χ0) is 26.0. The number of alkyl carbamates (subject to hydrolysis) is 1. The smallest absolute Gasteiger partial charge is 0.407 e. The maximum Gasteiger partial charge on any atom is 0.407 e. The number of hydrogen-bond donors (Lipinski definition) is 1. The summed E-state index contributed by atoms with van der Waals surface area (Å²) in [5.74, 6) is -0.571. The summed E-state index contributed by atoms with van der Waals surface area (Å²) in [6.07, 6.45) is 1.36. The number of pyridine rings is 1. The fraction of sp³-hybridized carbons (Fsp3) is 0.258. The molecule has 0 bridgehead atoms. The van der Waals surface area contributed by atoms with E-state index in [2.05, 4.69) is 34.6 Å². The molecular weight excluding hydrogens is 464 g/mol. The minimum absolute atomic E-state index is 0.0638. The third-order valence-corrected chi connectivity index (χ3v) is 6.43. The molecule has 0 spiro atoms. The number of ether oxygens (including phenoxy) is 2. The molecule has 1 atom stereocenters. The van der Waals surface area contributed by atoms with Gasteiger partial charge in [0.05, 0.1) is 5.52 Å². The first kappa shape index (κ1) is 24.5. The van der Waals surface area contributed by atoms with E-state index < -0.39 is 23.7 Å². The number of carbonyl (C=O) groups is 2. The van der Waals surface area contributed by atoms with Crippen molar-refractivity contribution in [3.8, 4) is 11.1 Å². The number of aromatic nitrogens is 1. The molecule has 0 unspecified atom stereocenters. The normalized spacial score (nSPS) is 13.5. The lowest BCUT2D eigenvalue weighted by atomic mass is 9.98. The predicted octanol–water partition coefficient (Wildman–Crippen LogP) is 6.03. The molecule has 4 aromatic rings. The molecule has 5 rings (SSSR count). The maximum absolute atomic E-state index is 13.0. The summed E-state index contributed by atoms with van der Waals surface area (Å²) in [7, 11) is 0. The Balaban J connectivity index is 1.31. The van der Waals surface area contributed by atoms with Gasteiger partial charge in [0.15, 0.2) is 0 Å². The largest absolute Gasteiger partial charge is 0.458 e. The molecule has 6 nitrogen and oxygen atoms in total. The number of esters is 1. The summed E-state index contributed by atoms with van der Waals surface area (Å²) in [6.45, 7) is 5.58. The summed E-state index contributed by atoms with van der Waals surface area (Å²) in [6, 6.07) is 25.1. The summed E-state index contributed by atoms with van der Waals surface area (Å²) >= 11 is 0. The van der Waals surface area contributed by atoms with Crippen LogP contribution in [0.3, 0.4) is 0 Å². The first-order valence-corrected chi connectivity index (χ1v) is 12.5. The highest BCUT2D eigenvalue weighted by Gasteiger charge is 2.31. The van der Waals surface area contributed by atoms with Crippen LogP contribution >= 0.6 is 0 Å². The number of amides is 1. The van der Waals surface area contributed by atoms with E-state index in [1.807, 2.05) is 54.6 Å². The predicted molar refractivity (Wildman–Crippen MR) is 143 cm³/mol. The van der Waals surface area contributed by atoms with E-state index in [1.165, 1.54) is 0 Å². The molecule has 0 fully saturated rings. The second-order valence-corrected chi connectivity index (χ2v) is 10.3. The van der Waals surface area contributed by atoms with Gasteiger partial charge in [0.1, 0.15) is 18.2 Å². The molecule has 1 amide bonds. The average Bonchev–Trinajstić information content (AvgIpc) is 3.20. The van der Waals surface area contributed by atoms with E-state index >= 15 is 0 Å². The van der Waals surface area contributed by atoms with Crippen LogP contribution in [0.2, 0.25) is 0 Å². The highest BCUT2D eigenvalue weighted by atomic mass is 16.6. The lowest BCUT2D eigenvalue weighted by Crippen LogP contribution is -2.46. The minimum Gasteiger partial charge on any atom is -0.458 e. The second kappa shape index (κ2) is 10.1. The van der Waals surface area contributed by atoms with Gasteiger partial charge in [-0.15, -0.1) is 0 Å². The summed E-state index contributed by atoms with van der Waals surface area (Å²) in [4.78, 5) is 30.3. The fourth-order valence-electron chi connectivity index (χ4n) is 4.84. The number of benzene rings is 3. The van der Waals surface area contributed by atoms with E-state index in [4.69, 9.17) is 9.47 Å². The Morgan fingerprint density at radius 1 is 0.919 bits per heavy atom. The number of carbonyl (C=O) groups excluding carboxylic acids is 2. The van der Waals surface area contributed by atoms with Gasteiger partial charge in [-0.05, 0) is 66.8 Å². The second-order valence-electron chi connectivity index (χ2n) is 10.3. The molecule has 0 saturated heterocycles. The molecule has 37 heavy (non-hydrogen) atoms. The van der Waals surface area contributed by atoms with Crippen molar-refractivity contribution in [2.45, 2.75) is 44.8 Å². The van der Waals surface area contributed by atoms with Crippen LogP contribution in [-0.4, -0.2) is 35.3 Å². The van der Waals surface area contributed by atoms with Gasteiger partial charge in [-0.3, -0.25) is 4.98 Å². The molecular formula is C31H30N2O4. The third kappa shape index (κ3) is 5.48. The monoisotopic (exact) mass is 494 g/mol. The number of fused-ring (bicyclic) bond motifs is 4. The van der Waals surface area contributed by atoms with Crippen molar-refractivity contribution in [2.24, 2.45) is 0 Å². The molecule has 3 aromatic carbocycles. The standard InChI is InChI=1S/C31H30N2O4/c1-31(2,3)37-29(34)28(18-20-14-15-27-21(17-20)9-8-16-32-27)33-30(35)36-19-26-24-12-6-4-10-22(24)23-11-5-7-13-25(23)26/h4-17,26,28H,18-19H2,1-3H3,(H,33,35)/t28-/m0/s1. The SMILES string of the molecule is CC(C)(C)OC(=O)[C@H](Cc1ccc2ncccc2c1)NC(=O)OCC1c2ccccc2-c2ccccc21. The molecule has 188 valence electrons. The molecule has 1 aliphatic carbocycles. The molecule has 0 radical (unpaired) electrons. The number of nitrogens with zero attached hydrogens (tertiary/aromatic N) is 1. The fourth-order valence-corrected chi connectivity index (χ4v) is 4.84. The Morgan fingerprint density at radius 2 is 1.59 bits per heavy atom. The van der Waals surface area contributed by atoms with E-state index in [0.717, 1.165) is 38.7 Å². The van der Waals surface area contributed by atoms with E-state index in [-0.39, 0.29) is 18.9 Å². The van der Waals surface area contributed by atoms with Gasteiger partial charge in [0.25, 0.3) is 0 Å². The van der Waals surface area contributed by atoms with Gasteiger partial charge in [0.2, 0.25) is 0 Å². The van der Waals surface area contributed by atoms with Crippen LogP contribution in [0.15, 0.2) is 85.1 Å². The number of nitrogens with one attached hydrogen (secondary N) is 1. The number of hydrogen-bond acceptors (Lipinski definition) is 5. The van der Waals surface area contributed by atoms with Gasteiger partial charge in [-0.25, -0.2) is 9.59 Å². The summed E-state index contributed by atoms with van der Waals surface area (Å²) in [5.41, 5.74) is 5.63. The van der Waals surface area contributed by atoms with Gasteiger partial charge in [-0.1, -0.05) is 60.7 Å². The van der Waals surface area contributed by atoms with Crippen LogP contribution in [0.1, 0.15) is 43.4 Å². The van der Waals surface area contributed by atoms with Gasteiger partial charge in [-0.2, -0.15) is 0 Å². The topological polar surface area (TPSA) is 77.5 Å². The van der Waals surface area contributed by atoms with Crippen molar-refractivity contribution in [1.29, 1.82) is 0 Å². The summed E-state index contributed by atoms with van der Waals surface area (Å²) < 4.78 is 11.3. The highest BCUT2D eigenvalue weighted by Crippen LogP contribution is 2.44. The average molecular weight is 495 g/mol. The van der Waals surface area contributed by atoms with Crippen molar-refractivity contribution in [2.75, 3.05) is 6.61 Å². The maximum atomic E-state index is 13.0. The number of rotatable bonds is 6. The molecule has 0 aliphatic heterocycles. The quantitative estimate of drug-likeness (QED) is 0.331. The molecule has 6 heteroatoms. The molecule has 1 aromatic heterocycles. The lowest BCUT2D eigenvalue weighted by Gasteiger charge is -2.25. The van der Waals surface area contributed by atoms with Crippen molar-refractivity contribution in [3.63, 3.8) is 0 Å². The molecule has 1 N–H and O–H groups in total. The zero-order valence-electron chi connectivity index (χ0n) is 21.2. The van der Waals surface area contributed by atoms with Crippen LogP contribution in [-0.2, 0) is 20.7 Å². The molecule has 1 heterocycles. The van der Waals surface area contributed by atoms with E-state index in [1.54, 1.807) is 27.0 Å². The first-order valence-electron chi connectivity index (χ1n) is 12.5.